The highest BCUT2D eigenvalue weighted by atomic mass is 16.3. The van der Waals surface area contributed by atoms with Crippen LogP contribution in [-0.4, -0.2) is 49.0 Å². The Bertz CT molecular complexity index is 1870. The van der Waals surface area contributed by atoms with Crippen molar-refractivity contribution in [1.82, 2.24) is 29.8 Å². The predicted octanol–water partition coefficient (Wildman–Crippen LogP) is 5.84. The van der Waals surface area contributed by atoms with E-state index in [0.29, 0.717) is 17.4 Å². The Hall–Kier alpha value is -5.20. The van der Waals surface area contributed by atoms with E-state index in [9.17, 15) is 0 Å². The Morgan fingerprint density at radius 2 is 1.56 bits per heavy atom. The largest absolute Gasteiger partial charge is 0.443 e. The third-order valence-electron chi connectivity index (χ3n) is 7.49. The summed E-state index contributed by atoms with van der Waals surface area (Å²) in [6.45, 7) is 2.86. The van der Waals surface area contributed by atoms with E-state index in [1.807, 2.05) is 42.5 Å². The van der Waals surface area contributed by atoms with Gasteiger partial charge in [-0.3, -0.25) is 4.90 Å². The quantitative estimate of drug-likeness (QED) is 0.279. The van der Waals surface area contributed by atoms with Crippen LogP contribution in [0.1, 0.15) is 24.2 Å². The fraction of sp³-hybridized carbons (Fsp3) is 0.188. The van der Waals surface area contributed by atoms with Gasteiger partial charge in [-0.1, -0.05) is 54.6 Å². The molecule has 0 saturated carbocycles. The molecule has 4 heterocycles. The number of fused-ring (bicyclic) bond motifs is 2. The van der Waals surface area contributed by atoms with Crippen molar-refractivity contribution < 1.29 is 4.42 Å². The summed E-state index contributed by atoms with van der Waals surface area (Å²) in [5.41, 5.74) is 8.00. The third-order valence-corrected chi connectivity index (χ3v) is 7.49. The standard InChI is InChI=1S/C32H26N8O/c33-18-30-34-13-10-29(39-30)36-24-11-14-40(15-12-24)19-21-6-8-23(9-7-21)32-31(22-4-2-1-3-5-22)37-25-16-27-28(41-20-35-27)17-26(25)38-32/h1-10,13,16-17,20,24H,11-12,14-15,19H2,(H,34,36,39). The van der Waals surface area contributed by atoms with Crippen LogP contribution in [0, 0.1) is 11.3 Å². The number of nitriles is 1. The molecule has 0 atom stereocenters. The van der Waals surface area contributed by atoms with E-state index in [1.54, 1.807) is 6.20 Å². The number of rotatable bonds is 6. The van der Waals surface area contributed by atoms with E-state index in [0.717, 1.165) is 71.5 Å². The lowest BCUT2D eigenvalue weighted by atomic mass is 10.0. The molecule has 0 unspecified atom stereocenters. The zero-order valence-electron chi connectivity index (χ0n) is 22.2. The number of hydrogen-bond donors (Lipinski definition) is 1. The molecule has 6 aromatic rings. The Morgan fingerprint density at radius 3 is 2.32 bits per heavy atom. The molecule has 7 rings (SSSR count). The minimum Gasteiger partial charge on any atom is -0.443 e. The molecule has 0 spiro atoms. The van der Waals surface area contributed by atoms with E-state index < -0.39 is 0 Å². The van der Waals surface area contributed by atoms with Gasteiger partial charge in [0.2, 0.25) is 5.82 Å². The second-order valence-electron chi connectivity index (χ2n) is 10.2. The van der Waals surface area contributed by atoms with Gasteiger partial charge in [0.15, 0.2) is 12.0 Å². The summed E-state index contributed by atoms with van der Waals surface area (Å²) < 4.78 is 5.52. The molecule has 3 aromatic carbocycles. The number of nitrogens with one attached hydrogen (secondary N) is 1. The van der Waals surface area contributed by atoms with Crippen molar-refractivity contribution in [3.05, 3.63) is 96.8 Å². The summed E-state index contributed by atoms with van der Waals surface area (Å²) in [7, 11) is 0. The second kappa shape index (κ2) is 10.8. The van der Waals surface area contributed by atoms with Gasteiger partial charge in [0, 0.05) is 49.1 Å². The van der Waals surface area contributed by atoms with Gasteiger partial charge in [-0.05, 0) is 30.5 Å². The van der Waals surface area contributed by atoms with Crippen molar-refractivity contribution >= 4 is 28.0 Å². The molecule has 9 heteroatoms. The van der Waals surface area contributed by atoms with Crippen molar-refractivity contribution in [2.45, 2.75) is 25.4 Å². The van der Waals surface area contributed by atoms with Crippen LogP contribution < -0.4 is 5.32 Å². The first-order chi connectivity index (χ1) is 20.2. The first-order valence-electron chi connectivity index (χ1n) is 13.6. The predicted molar refractivity (Wildman–Crippen MR) is 157 cm³/mol. The van der Waals surface area contributed by atoms with Crippen molar-refractivity contribution in [3.8, 4) is 28.6 Å². The lowest BCUT2D eigenvalue weighted by Gasteiger charge is -2.32. The Kier molecular flexibility index (Phi) is 6.51. The smallest absolute Gasteiger partial charge is 0.234 e. The lowest BCUT2D eigenvalue weighted by Crippen LogP contribution is -2.38. The van der Waals surface area contributed by atoms with Gasteiger partial charge in [-0.15, -0.1) is 0 Å². The molecule has 1 aliphatic heterocycles. The number of benzene rings is 3. The highest BCUT2D eigenvalue weighted by Gasteiger charge is 2.20. The van der Waals surface area contributed by atoms with Crippen LogP contribution in [0.15, 0.2) is 89.8 Å². The number of oxazole rings is 1. The minimum absolute atomic E-state index is 0.188. The maximum Gasteiger partial charge on any atom is 0.234 e. The molecule has 41 heavy (non-hydrogen) atoms. The van der Waals surface area contributed by atoms with Crippen molar-refractivity contribution in [2.75, 3.05) is 18.4 Å². The molecule has 9 nitrogen and oxygen atoms in total. The first kappa shape index (κ1) is 24.8. The highest BCUT2D eigenvalue weighted by Crippen LogP contribution is 2.32. The van der Waals surface area contributed by atoms with Crippen LogP contribution in [0.3, 0.4) is 0 Å². The molecule has 200 valence electrons. The number of nitrogens with zero attached hydrogens (tertiary/aromatic N) is 7. The van der Waals surface area contributed by atoms with Gasteiger partial charge >= 0.3 is 0 Å². The number of anilines is 1. The fourth-order valence-corrected chi connectivity index (χ4v) is 5.37. The lowest BCUT2D eigenvalue weighted by molar-refractivity contribution is 0.211. The Morgan fingerprint density at radius 1 is 0.829 bits per heavy atom. The summed E-state index contributed by atoms with van der Waals surface area (Å²) in [5.74, 6) is 0.899. The molecule has 1 fully saturated rings. The number of piperidine rings is 1. The van der Waals surface area contributed by atoms with Crippen LogP contribution in [0.5, 0.6) is 0 Å². The number of aromatic nitrogens is 5. The molecule has 0 amide bonds. The monoisotopic (exact) mass is 538 g/mol. The van der Waals surface area contributed by atoms with Crippen molar-refractivity contribution in [1.29, 1.82) is 5.26 Å². The van der Waals surface area contributed by atoms with Crippen molar-refractivity contribution in [2.24, 2.45) is 0 Å². The summed E-state index contributed by atoms with van der Waals surface area (Å²) in [6, 6.07) is 26.8. The Balaban J connectivity index is 1.09. The molecule has 0 bridgehead atoms. The van der Waals surface area contributed by atoms with Crippen LogP contribution >= 0.6 is 0 Å². The zero-order valence-corrected chi connectivity index (χ0v) is 22.2. The van der Waals surface area contributed by atoms with E-state index in [-0.39, 0.29) is 5.82 Å². The highest BCUT2D eigenvalue weighted by molar-refractivity contribution is 5.93. The zero-order chi connectivity index (χ0) is 27.6. The summed E-state index contributed by atoms with van der Waals surface area (Å²) in [6.07, 6.45) is 5.09. The topological polar surface area (TPSA) is 117 Å². The van der Waals surface area contributed by atoms with E-state index in [1.165, 1.54) is 12.0 Å². The van der Waals surface area contributed by atoms with Crippen LogP contribution in [-0.2, 0) is 6.54 Å². The molecule has 1 saturated heterocycles. The van der Waals surface area contributed by atoms with Gasteiger partial charge in [0.1, 0.15) is 17.4 Å². The second-order valence-corrected chi connectivity index (χ2v) is 10.2. The molecule has 3 aromatic heterocycles. The number of hydrogen-bond acceptors (Lipinski definition) is 9. The van der Waals surface area contributed by atoms with Crippen LogP contribution in [0.4, 0.5) is 5.82 Å². The first-order valence-corrected chi connectivity index (χ1v) is 13.6. The molecular weight excluding hydrogens is 512 g/mol. The summed E-state index contributed by atoms with van der Waals surface area (Å²) in [5, 5.41) is 12.5. The molecule has 1 N–H and O–H groups in total. The third kappa shape index (κ3) is 5.21. The van der Waals surface area contributed by atoms with Crippen LogP contribution in [0.2, 0.25) is 0 Å². The SMILES string of the molecule is N#Cc1nccc(NC2CCN(Cc3ccc(-c4nc5cc6ocnc6cc5nc4-c4ccccc4)cc3)CC2)n1. The summed E-state index contributed by atoms with van der Waals surface area (Å²) in [4.78, 5) is 25.0. The van der Waals surface area contributed by atoms with Gasteiger partial charge in [-0.25, -0.2) is 24.9 Å². The van der Waals surface area contributed by atoms with E-state index in [4.69, 9.17) is 19.6 Å². The summed E-state index contributed by atoms with van der Waals surface area (Å²) >= 11 is 0. The number of likely N-dealkylation sites (tertiary alicyclic amines) is 1. The average Bonchev–Trinajstić information content (AvgIpc) is 3.48. The van der Waals surface area contributed by atoms with Gasteiger partial charge in [-0.2, -0.15) is 5.26 Å². The molecular formula is C32H26N8O. The van der Waals surface area contributed by atoms with Crippen molar-refractivity contribution in [3.63, 3.8) is 0 Å². The fourth-order valence-electron chi connectivity index (χ4n) is 5.37. The van der Waals surface area contributed by atoms with E-state index >= 15 is 0 Å². The van der Waals surface area contributed by atoms with Gasteiger partial charge < -0.3 is 9.73 Å². The Labute approximate surface area is 236 Å². The maximum atomic E-state index is 9.04. The van der Waals surface area contributed by atoms with Gasteiger partial charge in [0.25, 0.3) is 0 Å². The maximum absolute atomic E-state index is 9.04. The minimum atomic E-state index is 0.188. The molecule has 1 aliphatic rings. The molecule has 0 aliphatic carbocycles. The van der Waals surface area contributed by atoms with Crippen LogP contribution in [0.25, 0.3) is 44.6 Å². The average molecular weight is 539 g/mol. The van der Waals surface area contributed by atoms with E-state index in [2.05, 4.69) is 61.6 Å². The van der Waals surface area contributed by atoms with Gasteiger partial charge in [0.05, 0.1) is 22.4 Å². The molecule has 0 radical (unpaired) electrons. The normalized spacial score (nSPS) is 14.3.